The van der Waals surface area contributed by atoms with E-state index in [9.17, 15) is 19.8 Å². The van der Waals surface area contributed by atoms with Crippen molar-refractivity contribution in [1.82, 2.24) is 0 Å². The van der Waals surface area contributed by atoms with Crippen molar-refractivity contribution in [2.24, 2.45) is 0 Å². The highest BCUT2D eigenvalue weighted by molar-refractivity contribution is 5.74. The topological polar surface area (TPSA) is 80.3 Å². The lowest BCUT2D eigenvalue weighted by molar-refractivity contribution is -0.309. The zero-order valence-corrected chi connectivity index (χ0v) is 13.3. The van der Waals surface area contributed by atoms with Crippen molar-refractivity contribution in [1.29, 1.82) is 0 Å². The molecular formula is C19H20O4-2. The molecule has 2 aromatic carbocycles. The Balaban J connectivity index is 0.000000231. The van der Waals surface area contributed by atoms with Crippen molar-refractivity contribution in [2.45, 2.75) is 32.1 Å². The Morgan fingerprint density at radius 2 is 1.26 bits per heavy atom. The normalized spacial score (nSPS) is 12.4. The molecule has 4 nitrogen and oxygen atoms in total. The van der Waals surface area contributed by atoms with E-state index in [1.165, 1.54) is 0 Å². The highest BCUT2D eigenvalue weighted by atomic mass is 16.4. The zero-order valence-electron chi connectivity index (χ0n) is 13.3. The Labute approximate surface area is 136 Å². The molecule has 0 amide bonds. The molecule has 0 aromatic heterocycles. The van der Waals surface area contributed by atoms with Crippen LogP contribution in [0.5, 0.6) is 0 Å². The van der Waals surface area contributed by atoms with Crippen molar-refractivity contribution >= 4 is 11.9 Å². The lowest BCUT2D eigenvalue weighted by atomic mass is 9.97. The van der Waals surface area contributed by atoms with E-state index >= 15 is 0 Å². The number of carboxylic acids is 2. The third-order valence-corrected chi connectivity index (χ3v) is 3.55. The first-order valence-electron chi connectivity index (χ1n) is 7.49. The van der Waals surface area contributed by atoms with Crippen molar-refractivity contribution < 1.29 is 19.8 Å². The lowest BCUT2D eigenvalue weighted by Crippen LogP contribution is -2.29. The number of carbonyl (C=O) groups excluding carboxylic acids is 2. The highest BCUT2D eigenvalue weighted by Crippen LogP contribution is 2.17. The molecule has 0 aliphatic rings. The van der Waals surface area contributed by atoms with Gasteiger partial charge in [0.05, 0.1) is 0 Å². The molecule has 4 heteroatoms. The minimum absolute atomic E-state index is 0.466. The molecule has 0 heterocycles. The van der Waals surface area contributed by atoms with Gasteiger partial charge in [0.1, 0.15) is 0 Å². The fraction of sp³-hybridized carbons (Fsp3) is 0.263. The SMILES string of the molecule is CC(C(=O)[O-])c1ccccc1.CCC(C(=O)[O-])c1ccccc1. The summed E-state index contributed by atoms with van der Waals surface area (Å²) in [5.41, 5.74) is 1.60. The summed E-state index contributed by atoms with van der Waals surface area (Å²) in [4.78, 5) is 21.0. The van der Waals surface area contributed by atoms with Gasteiger partial charge >= 0.3 is 0 Å². The quantitative estimate of drug-likeness (QED) is 0.837. The summed E-state index contributed by atoms with van der Waals surface area (Å²) in [5, 5.41) is 21.0. The summed E-state index contributed by atoms with van der Waals surface area (Å²) in [5.74, 6) is -3.01. The number of benzene rings is 2. The minimum Gasteiger partial charge on any atom is -0.550 e. The van der Waals surface area contributed by atoms with Crippen LogP contribution in [-0.2, 0) is 9.59 Å². The summed E-state index contributed by atoms with van der Waals surface area (Å²) < 4.78 is 0. The fourth-order valence-electron chi connectivity index (χ4n) is 2.10. The van der Waals surface area contributed by atoms with Gasteiger partial charge in [-0.05, 0) is 17.5 Å². The smallest absolute Gasteiger partial charge is 0.0489 e. The van der Waals surface area contributed by atoms with Crippen LogP contribution < -0.4 is 10.2 Å². The molecule has 2 atom stereocenters. The number of hydrogen-bond acceptors (Lipinski definition) is 4. The van der Waals surface area contributed by atoms with Crippen LogP contribution >= 0.6 is 0 Å². The molecule has 122 valence electrons. The standard InChI is InChI=1S/C10H12O2.C9H10O2/c1-2-9(10(11)12)8-6-4-3-5-7-8;1-7(9(10)11)8-5-3-2-4-6-8/h3-7,9H,2H2,1H3,(H,11,12);2-7H,1H3,(H,10,11)/p-2. The number of carboxylic acid groups (broad SMARTS) is 2. The van der Waals surface area contributed by atoms with Crippen molar-refractivity contribution in [3.8, 4) is 0 Å². The maximum atomic E-state index is 10.6. The van der Waals surface area contributed by atoms with E-state index < -0.39 is 23.8 Å². The summed E-state index contributed by atoms with van der Waals surface area (Å²) in [6, 6.07) is 18.2. The van der Waals surface area contributed by atoms with Gasteiger partial charge in [0, 0.05) is 23.8 Å². The van der Waals surface area contributed by atoms with Gasteiger partial charge in [-0.15, -0.1) is 0 Å². The van der Waals surface area contributed by atoms with E-state index in [2.05, 4.69) is 0 Å². The van der Waals surface area contributed by atoms with Gasteiger partial charge < -0.3 is 19.8 Å². The number of aliphatic carboxylic acids is 2. The molecule has 2 rings (SSSR count). The maximum Gasteiger partial charge on any atom is 0.0489 e. The molecule has 0 saturated carbocycles. The van der Waals surface area contributed by atoms with Gasteiger partial charge in [-0.3, -0.25) is 0 Å². The second-order valence-corrected chi connectivity index (χ2v) is 5.14. The van der Waals surface area contributed by atoms with Crippen LogP contribution in [0, 0.1) is 0 Å². The first kappa shape index (κ1) is 18.4. The third kappa shape index (κ3) is 5.94. The van der Waals surface area contributed by atoms with Gasteiger partial charge in [-0.1, -0.05) is 74.5 Å². The van der Waals surface area contributed by atoms with E-state index in [-0.39, 0.29) is 0 Å². The Hall–Kier alpha value is -2.62. The molecular weight excluding hydrogens is 292 g/mol. The summed E-state index contributed by atoms with van der Waals surface area (Å²) in [6.07, 6.45) is 0.576. The molecule has 0 N–H and O–H groups in total. The van der Waals surface area contributed by atoms with Crippen LogP contribution in [0.3, 0.4) is 0 Å². The first-order valence-corrected chi connectivity index (χ1v) is 7.49. The molecule has 0 saturated heterocycles. The average molecular weight is 312 g/mol. The van der Waals surface area contributed by atoms with E-state index in [1.807, 2.05) is 55.5 Å². The minimum atomic E-state index is -1.03. The van der Waals surface area contributed by atoms with Gasteiger partial charge in [-0.2, -0.15) is 0 Å². The molecule has 0 spiro atoms. The van der Waals surface area contributed by atoms with Crippen LogP contribution in [0.4, 0.5) is 0 Å². The molecule has 0 radical (unpaired) electrons. The van der Waals surface area contributed by atoms with Gasteiger partial charge in [0.15, 0.2) is 0 Å². The van der Waals surface area contributed by atoms with Crippen LogP contribution in [0.15, 0.2) is 60.7 Å². The molecule has 23 heavy (non-hydrogen) atoms. The number of carbonyl (C=O) groups is 2. The third-order valence-electron chi connectivity index (χ3n) is 3.55. The molecule has 0 bridgehead atoms. The van der Waals surface area contributed by atoms with Crippen molar-refractivity contribution in [2.75, 3.05) is 0 Å². The van der Waals surface area contributed by atoms with Gasteiger partial charge in [-0.25, -0.2) is 0 Å². The second kappa shape index (κ2) is 9.41. The summed E-state index contributed by atoms with van der Waals surface area (Å²) in [7, 11) is 0. The molecule has 2 unspecified atom stereocenters. The van der Waals surface area contributed by atoms with E-state index in [4.69, 9.17) is 0 Å². The lowest BCUT2D eigenvalue weighted by Gasteiger charge is -2.15. The van der Waals surface area contributed by atoms with Crippen LogP contribution in [0.2, 0.25) is 0 Å². The number of rotatable bonds is 5. The fourth-order valence-corrected chi connectivity index (χ4v) is 2.10. The largest absolute Gasteiger partial charge is 0.550 e. The maximum absolute atomic E-state index is 10.6. The predicted octanol–water partition coefficient (Wildman–Crippen LogP) is 1.47. The Morgan fingerprint density at radius 3 is 1.61 bits per heavy atom. The van der Waals surface area contributed by atoms with Crippen LogP contribution in [0.25, 0.3) is 0 Å². The van der Waals surface area contributed by atoms with E-state index in [0.717, 1.165) is 11.1 Å². The Morgan fingerprint density at radius 1 is 0.826 bits per heavy atom. The molecule has 0 aliphatic heterocycles. The van der Waals surface area contributed by atoms with Gasteiger partial charge in [0.2, 0.25) is 0 Å². The first-order chi connectivity index (χ1) is 11.0. The van der Waals surface area contributed by atoms with Crippen molar-refractivity contribution in [3.63, 3.8) is 0 Å². The monoisotopic (exact) mass is 312 g/mol. The van der Waals surface area contributed by atoms with Gasteiger partial charge in [0.25, 0.3) is 0 Å². The van der Waals surface area contributed by atoms with Crippen LogP contribution in [0.1, 0.15) is 43.2 Å². The summed E-state index contributed by atoms with van der Waals surface area (Å²) in [6.45, 7) is 3.46. The zero-order chi connectivity index (χ0) is 17.2. The Kier molecular flexibility index (Phi) is 7.54. The molecule has 0 aliphatic carbocycles. The summed E-state index contributed by atoms with van der Waals surface area (Å²) >= 11 is 0. The van der Waals surface area contributed by atoms with Crippen LogP contribution in [-0.4, -0.2) is 11.9 Å². The van der Waals surface area contributed by atoms with Crippen molar-refractivity contribution in [3.05, 3.63) is 71.8 Å². The molecule has 2 aromatic rings. The average Bonchev–Trinajstić information content (AvgIpc) is 2.57. The molecule has 0 fully saturated rings. The van der Waals surface area contributed by atoms with E-state index in [1.54, 1.807) is 19.1 Å². The predicted molar refractivity (Wildman–Crippen MR) is 84.3 cm³/mol. The van der Waals surface area contributed by atoms with E-state index in [0.29, 0.717) is 6.42 Å². The number of hydrogen-bond donors (Lipinski definition) is 0. The Bertz CT molecular complexity index is 608. The second-order valence-electron chi connectivity index (χ2n) is 5.14. The highest BCUT2D eigenvalue weighted by Gasteiger charge is 2.08.